The second-order valence-electron chi connectivity index (χ2n) is 4.29. The summed E-state index contributed by atoms with van der Waals surface area (Å²) in [6.45, 7) is 2.11. The van der Waals surface area contributed by atoms with Crippen LogP contribution in [0.5, 0.6) is 5.75 Å². The van der Waals surface area contributed by atoms with Crippen LogP contribution in [0.2, 0.25) is 0 Å². The number of aliphatic hydroxyl groups is 2. The van der Waals surface area contributed by atoms with E-state index in [1.807, 2.05) is 0 Å². The van der Waals surface area contributed by atoms with E-state index in [9.17, 15) is 4.79 Å². The predicted molar refractivity (Wildman–Crippen MR) is 66.5 cm³/mol. The molecule has 1 aliphatic rings. The zero-order chi connectivity index (χ0) is 13.1. The lowest BCUT2D eigenvalue weighted by Crippen LogP contribution is -2.45. The Morgan fingerprint density at radius 2 is 2.17 bits per heavy atom. The lowest BCUT2D eigenvalue weighted by atomic mass is 10.1. The van der Waals surface area contributed by atoms with Crippen LogP contribution >= 0.6 is 0 Å². The van der Waals surface area contributed by atoms with Crippen molar-refractivity contribution in [2.75, 3.05) is 18.1 Å². The molecule has 1 aliphatic heterocycles. The molecule has 1 aromatic carbocycles. The number of carbonyl (C=O) groups excluding carboxylic acids is 1. The third-order valence-corrected chi connectivity index (χ3v) is 2.95. The van der Waals surface area contributed by atoms with Gasteiger partial charge in [0.1, 0.15) is 5.75 Å². The van der Waals surface area contributed by atoms with Crippen LogP contribution in [-0.2, 0) is 11.4 Å². The molecule has 1 aromatic rings. The fraction of sp³-hybridized carbons (Fsp3) is 0.462. The maximum atomic E-state index is 12.1. The first-order valence-corrected chi connectivity index (χ1v) is 6.00. The van der Waals surface area contributed by atoms with E-state index >= 15 is 0 Å². The van der Waals surface area contributed by atoms with Crippen molar-refractivity contribution in [3.8, 4) is 5.75 Å². The SMILES string of the molecule is CC1Oc2ccc(CO)cc2N(CCCO)C1=O. The van der Waals surface area contributed by atoms with Gasteiger partial charge in [0, 0.05) is 13.2 Å². The van der Waals surface area contributed by atoms with Gasteiger partial charge in [-0.05, 0) is 31.0 Å². The first-order valence-electron chi connectivity index (χ1n) is 6.00. The molecule has 0 bridgehead atoms. The predicted octanol–water partition coefficient (Wildman–Crippen LogP) is 0.675. The van der Waals surface area contributed by atoms with Gasteiger partial charge in [-0.15, -0.1) is 0 Å². The number of benzene rings is 1. The summed E-state index contributed by atoms with van der Waals surface area (Å²) in [6.07, 6.45) is -0.00230. The molecule has 1 atom stereocenters. The van der Waals surface area contributed by atoms with Gasteiger partial charge in [-0.1, -0.05) is 6.07 Å². The molecule has 1 amide bonds. The van der Waals surface area contributed by atoms with Gasteiger partial charge in [-0.2, -0.15) is 0 Å². The number of hydrogen-bond donors (Lipinski definition) is 2. The van der Waals surface area contributed by atoms with Gasteiger partial charge < -0.3 is 19.8 Å². The Labute approximate surface area is 106 Å². The highest BCUT2D eigenvalue weighted by Gasteiger charge is 2.31. The number of amides is 1. The molecule has 5 heteroatoms. The van der Waals surface area contributed by atoms with Gasteiger partial charge in [-0.25, -0.2) is 0 Å². The average Bonchev–Trinajstić information content (AvgIpc) is 2.39. The fourth-order valence-corrected chi connectivity index (χ4v) is 2.01. The molecule has 2 N–H and O–H groups in total. The Hall–Kier alpha value is -1.59. The molecule has 18 heavy (non-hydrogen) atoms. The summed E-state index contributed by atoms with van der Waals surface area (Å²) in [7, 11) is 0. The number of hydrogen-bond acceptors (Lipinski definition) is 4. The summed E-state index contributed by atoms with van der Waals surface area (Å²) in [5.41, 5.74) is 1.40. The first kappa shape index (κ1) is 12.9. The van der Waals surface area contributed by atoms with Crippen LogP contribution in [0, 0.1) is 0 Å². The van der Waals surface area contributed by atoms with E-state index in [-0.39, 0.29) is 19.1 Å². The normalized spacial score (nSPS) is 18.5. The molecule has 0 spiro atoms. The number of rotatable bonds is 4. The number of carbonyl (C=O) groups is 1. The van der Waals surface area contributed by atoms with E-state index in [1.54, 1.807) is 30.0 Å². The average molecular weight is 251 g/mol. The zero-order valence-corrected chi connectivity index (χ0v) is 10.3. The Morgan fingerprint density at radius 1 is 1.39 bits per heavy atom. The van der Waals surface area contributed by atoms with E-state index in [4.69, 9.17) is 14.9 Å². The molecule has 0 fully saturated rings. The van der Waals surface area contributed by atoms with Crippen molar-refractivity contribution in [1.82, 2.24) is 0 Å². The molecule has 0 aromatic heterocycles. The van der Waals surface area contributed by atoms with Crippen molar-refractivity contribution in [2.45, 2.75) is 26.1 Å². The van der Waals surface area contributed by atoms with E-state index in [1.165, 1.54) is 0 Å². The number of fused-ring (bicyclic) bond motifs is 1. The van der Waals surface area contributed by atoms with E-state index in [0.29, 0.717) is 24.4 Å². The Balaban J connectivity index is 2.36. The molecular formula is C13H17NO4. The second-order valence-corrected chi connectivity index (χ2v) is 4.29. The minimum Gasteiger partial charge on any atom is -0.479 e. The summed E-state index contributed by atoms with van der Waals surface area (Å²) >= 11 is 0. The maximum Gasteiger partial charge on any atom is 0.267 e. The van der Waals surface area contributed by atoms with Crippen LogP contribution in [0.4, 0.5) is 5.69 Å². The van der Waals surface area contributed by atoms with Crippen molar-refractivity contribution in [3.05, 3.63) is 23.8 Å². The van der Waals surface area contributed by atoms with Crippen LogP contribution in [0.25, 0.3) is 0 Å². The van der Waals surface area contributed by atoms with E-state index in [2.05, 4.69) is 0 Å². The lowest BCUT2D eigenvalue weighted by Gasteiger charge is -2.33. The molecule has 0 saturated heterocycles. The number of nitrogens with zero attached hydrogens (tertiary/aromatic N) is 1. The van der Waals surface area contributed by atoms with Crippen LogP contribution < -0.4 is 9.64 Å². The minimum absolute atomic E-state index is 0.0358. The zero-order valence-electron chi connectivity index (χ0n) is 10.3. The van der Waals surface area contributed by atoms with Gasteiger partial charge in [0.25, 0.3) is 5.91 Å². The molecule has 1 heterocycles. The molecule has 2 rings (SSSR count). The van der Waals surface area contributed by atoms with Crippen LogP contribution in [-0.4, -0.2) is 35.4 Å². The molecule has 5 nitrogen and oxygen atoms in total. The first-order chi connectivity index (χ1) is 8.67. The van der Waals surface area contributed by atoms with Crippen LogP contribution in [0.15, 0.2) is 18.2 Å². The standard InChI is InChI=1S/C13H17NO4/c1-9-13(17)14(5-2-6-15)11-7-10(8-16)3-4-12(11)18-9/h3-4,7,9,15-16H,2,5-6,8H2,1H3. The van der Waals surface area contributed by atoms with Crippen molar-refractivity contribution in [3.63, 3.8) is 0 Å². The Bertz CT molecular complexity index is 447. The number of anilines is 1. The third-order valence-electron chi connectivity index (χ3n) is 2.95. The molecular weight excluding hydrogens is 234 g/mol. The highest BCUT2D eigenvalue weighted by Crippen LogP contribution is 2.34. The summed E-state index contributed by atoms with van der Waals surface area (Å²) < 4.78 is 5.52. The quantitative estimate of drug-likeness (QED) is 0.825. The summed E-state index contributed by atoms with van der Waals surface area (Å²) in [5.74, 6) is 0.517. The monoisotopic (exact) mass is 251 g/mol. The fourth-order valence-electron chi connectivity index (χ4n) is 2.01. The number of aliphatic hydroxyl groups excluding tert-OH is 2. The summed E-state index contributed by atoms with van der Waals surface area (Å²) in [5, 5.41) is 18.0. The molecule has 1 unspecified atom stereocenters. The smallest absolute Gasteiger partial charge is 0.267 e. The van der Waals surface area contributed by atoms with Crippen LogP contribution in [0.1, 0.15) is 18.9 Å². The van der Waals surface area contributed by atoms with Gasteiger partial charge in [0.05, 0.1) is 12.3 Å². The number of ether oxygens (including phenoxy) is 1. The Kier molecular flexibility index (Phi) is 3.84. The van der Waals surface area contributed by atoms with Gasteiger partial charge in [0.2, 0.25) is 0 Å². The van der Waals surface area contributed by atoms with Crippen molar-refractivity contribution in [2.24, 2.45) is 0 Å². The maximum absolute atomic E-state index is 12.1. The van der Waals surface area contributed by atoms with Gasteiger partial charge in [-0.3, -0.25) is 4.79 Å². The molecule has 0 radical (unpaired) electrons. The van der Waals surface area contributed by atoms with E-state index < -0.39 is 6.10 Å². The van der Waals surface area contributed by atoms with E-state index in [0.717, 1.165) is 5.56 Å². The lowest BCUT2D eigenvalue weighted by molar-refractivity contribution is -0.125. The van der Waals surface area contributed by atoms with Gasteiger partial charge >= 0.3 is 0 Å². The van der Waals surface area contributed by atoms with Crippen LogP contribution in [0.3, 0.4) is 0 Å². The Morgan fingerprint density at radius 3 is 2.83 bits per heavy atom. The molecule has 98 valence electrons. The van der Waals surface area contributed by atoms with Crippen molar-refractivity contribution >= 4 is 11.6 Å². The highest BCUT2D eigenvalue weighted by atomic mass is 16.5. The largest absolute Gasteiger partial charge is 0.479 e. The summed E-state index contributed by atoms with van der Waals surface area (Å²) in [6, 6.07) is 5.28. The minimum atomic E-state index is -0.517. The second kappa shape index (κ2) is 5.37. The summed E-state index contributed by atoms with van der Waals surface area (Å²) in [4.78, 5) is 13.7. The highest BCUT2D eigenvalue weighted by molar-refractivity contribution is 5.99. The third kappa shape index (κ3) is 2.32. The molecule has 0 aliphatic carbocycles. The molecule has 0 saturated carbocycles. The van der Waals surface area contributed by atoms with Crippen molar-refractivity contribution in [1.29, 1.82) is 0 Å². The van der Waals surface area contributed by atoms with Gasteiger partial charge in [0.15, 0.2) is 6.10 Å². The topological polar surface area (TPSA) is 70.0 Å². The van der Waals surface area contributed by atoms with Crippen molar-refractivity contribution < 1.29 is 19.7 Å².